The SMILES string of the molecule is Cc1cc(C)c(CN)c(N2CCC(C)C(C)C2)n1. The summed E-state index contributed by atoms with van der Waals surface area (Å²) >= 11 is 0. The summed E-state index contributed by atoms with van der Waals surface area (Å²) in [4.78, 5) is 7.16. The van der Waals surface area contributed by atoms with Crippen LogP contribution in [0.5, 0.6) is 0 Å². The molecule has 0 saturated carbocycles. The molecule has 1 aromatic heterocycles. The molecule has 3 heteroatoms. The maximum absolute atomic E-state index is 5.90. The lowest BCUT2D eigenvalue weighted by Crippen LogP contribution is -2.39. The molecule has 1 fully saturated rings. The maximum Gasteiger partial charge on any atom is 0.133 e. The van der Waals surface area contributed by atoms with Crippen molar-refractivity contribution in [3.63, 3.8) is 0 Å². The zero-order chi connectivity index (χ0) is 13.3. The van der Waals surface area contributed by atoms with Gasteiger partial charge in [0, 0.05) is 30.9 Å². The summed E-state index contributed by atoms with van der Waals surface area (Å²) in [6.07, 6.45) is 1.25. The van der Waals surface area contributed by atoms with Gasteiger partial charge in [0.1, 0.15) is 5.82 Å². The number of nitrogens with two attached hydrogens (primary N) is 1. The van der Waals surface area contributed by atoms with Gasteiger partial charge < -0.3 is 10.6 Å². The van der Waals surface area contributed by atoms with Gasteiger partial charge in [-0.15, -0.1) is 0 Å². The molecule has 2 rings (SSSR count). The van der Waals surface area contributed by atoms with Gasteiger partial charge in [-0.25, -0.2) is 4.98 Å². The number of aromatic nitrogens is 1. The van der Waals surface area contributed by atoms with Crippen LogP contribution in [0.4, 0.5) is 5.82 Å². The van der Waals surface area contributed by atoms with Crippen molar-refractivity contribution in [2.24, 2.45) is 17.6 Å². The minimum absolute atomic E-state index is 0.578. The Morgan fingerprint density at radius 1 is 1.33 bits per heavy atom. The second-order valence-electron chi connectivity index (χ2n) is 5.78. The molecule has 18 heavy (non-hydrogen) atoms. The molecule has 2 atom stereocenters. The van der Waals surface area contributed by atoms with Crippen molar-refractivity contribution in [1.82, 2.24) is 4.98 Å². The van der Waals surface area contributed by atoms with E-state index in [1.54, 1.807) is 0 Å². The number of pyridine rings is 1. The van der Waals surface area contributed by atoms with E-state index in [4.69, 9.17) is 10.7 Å². The van der Waals surface area contributed by atoms with Crippen molar-refractivity contribution in [2.45, 2.75) is 40.7 Å². The molecule has 2 unspecified atom stereocenters. The third kappa shape index (κ3) is 2.51. The molecule has 3 nitrogen and oxygen atoms in total. The third-order valence-corrected chi connectivity index (χ3v) is 4.29. The molecule has 0 aromatic carbocycles. The average Bonchev–Trinajstić information content (AvgIpc) is 2.32. The first kappa shape index (κ1) is 13.3. The number of anilines is 1. The van der Waals surface area contributed by atoms with Gasteiger partial charge >= 0.3 is 0 Å². The number of hydrogen-bond donors (Lipinski definition) is 1. The van der Waals surface area contributed by atoms with Gasteiger partial charge in [0.15, 0.2) is 0 Å². The molecular weight excluding hydrogens is 222 g/mol. The smallest absolute Gasteiger partial charge is 0.133 e. The second-order valence-corrected chi connectivity index (χ2v) is 5.78. The van der Waals surface area contributed by atoms with Crippen LogP contribution in [0, 0.1) is 25.7 Å². The highest BCUT2D eigenvalue weighted by molar-refractivity contribution is 5.52. The summed E-state index contributed by atoms with van der Waals surface area (Å²) in [5.41, 5.74) is 9.47. The van der Waals surface area contributed by atoms with Crippen LogP contribution in [0.15, 0.2) is 6.07 Å². The Morgan fingerprint density at radius 2 is 2.06 bits per heavy atom. The summed E-state index contributed by atoms with van der Waals surface area (Å²) in [5.74, 6) is 2.66. The number of aryl methyl sites for hydroxylation is 2. The highest BCUT2D eigenvalue weighted by Crippen LogP contribution is 2.29. The van der Waals surface area contributed by atoms with E-state index in [0.29, 0.717) is 6.54 Å². The molecule has 1 saturated heterocycles. The van der Waals surface area contributed by atoms with Gasteiger partial charge in [-0.3, -0.25) is 0 Å². The molecule has 1 aliphatic heterocycles. The normalized spacial score (nSPS) is 24.4. The van der Waals surface area contributed by atoms with Gasteiger partial charge in [0.05, 0.1) is 0 Å². The standard InChI is InChI=1S/C15H25N3/c1-10-5-6-18(9-12(10)3)15-14(8-16)11(2)7-13(4)17-15/h7,10,12H,5-6,8-9,16H2,1-4H3. The highest BCUT2D eigenvalue weighted by Gasteiger charge is 2.25. The molecule has 1 aliphatic rings. The van der Waals surface area contributed by atoms with Crippen LogP contribution < -0.4 is 10.6 Å². The fraction of sp³-hybridized carbons (Fsp3) is 0.667. The molecule has 0 aliphatic carbocycles. The topological polar surface area (TPSA) is 42.1 Å². The Kier molecular flexibility index (Phi) is 3.91. The molecule has 0 bridgehead atoms. The van der Waals surface area contributed by atoms with Gasteiger partial charge in [-0.2, -0.15) is 0 Å². The van der Waals surface area contributed by atoms with E-state index in [2.05, 4.69) is 38.7 Å². The van der Waals surface area contributed by atoms with Crippen molar-refractivity contribution in [2.75, 3.05) is 18.0 Å². The summed E-state index contributed by atoms with van der Waals surface area (Å²) in [7, 11) is 0. The monoisotopic (exact) mass is 247 g/mol. The average molecular weight is 247 g/mol. The van der Waals surface area contributed by atoms with Gasteiger partial charge in [-0.05, 0) is 43.7 Å². The Bertz CT molecular complexity index is 428. The van der Waals surface area contributed by atoms with Crippen LogP contribution in [0.1, 0.15) is 37.1 Å². The minimum atomic E-state index is 0.578. The van der Waals surface area contributed by atoms with Crippen LogP contribution in [-0.4, -0.2) is 18.1 Å². The first-order valence-electron chi connectivity index (χ1n) is 6.95. The van der Waals surface area contributed by atoms with Crippen LogP contribution in [0.2, 0.25) is 0 Å². The fourth-order valence-corrected chi connectivity index (χ4v) is 2.81. The number of nitrogens with zero attached hydrogens (tertiary/aromatic N) is 2. The Hall–Kier alpha value is -1.09. The van der Waals surface area contributed by atoms with E-state index in [-0.39, 0.29) is 0 Å². The molecule has 0 radical (unpaired) electrons. The van der Waals surface area contributed by atoms with Crippen molar-refractivity contribution in [1.29, 1.82) is 0 Å². The van der Waals surface area contributed by atoms with Crippen molar-refractivity contribution < 1.29 is 0 Å². The van der Waals surface area contributed by atoms with Crippen LogP contribution in [-0.2, 0) is 6.54 Å². The molecule has 100 valence electrons. The summed E-state index contributed by atoms with van der Waals surface area (Å²) in [6, 6.07) is 2.13. The zero-order valence-corrected chi connectivity index (χ0v) is 12.0. The quantitative estimate of drug-likeness (QED) is 0.873. The summed E-state index contributed by atoms with van der Waals surface area (Å²) in [6.45, 7) is 11.7. The first-order chi connectivity index (χ1) is 8.52. The molecule has 2 N–H and O–H groups in total. The lowest BCUT2D eigenvalue weighted by Gasteiger charge is -2.37. The molecule has 0 amide bonds. The number of piperidine rings is 1. The lowest BCUT2D eigenvalue weighted by molar-refractivity contribution is 0.322. The van der Waals surface area contributed by atoms with E-state index in [1.807, 2.05) is 0 Å². The second kappa shape index (κ2) is 5.27. The van der Waals surface area contributed by atoms with Crippen LogP contribution in [0.3, 0.4) is 0 Å². The Labute approximate surface area is 110 Å². The highest BCUT2D eigenvalue weighted by atomic mass is 15.2. The molecule has 1 aromatic rings. The van der Waals surface area contributed by atoms with Gasteiger partial charge in [0.2, 0.25) is 0 Å². The summed E-state index contributed by atoms with van der Waals surface area (Å²) < 4.78 is 0. The minimum Gasteiger partial charge on any atom is -0.356 e. The van der Waals surface area contributed by atoms with E-state index < -0.39 is 0 Å². The summed E-state index contributed by atoms with van der Waals surface area (Å²) in [5, 5.41) is 0. The van der Waals surface area contributed by atoms with Crippen LogP contribution in [0.25, 0.3) is 0 Å². The molecule has 2 heterocycles. The third-order valence-electron chi connectivity index (χ3n) is 4.29. The van der Waals surface area contributed by atoms with E-state index in [0.717, 1.165) is 36.4 Å². The predicted octanol–water partition coefficient (Wildman–Crippen LogP) is 2.64. The number of hydrogen-bond acceptors (Lipinski definition) is 3. The lowest BCUT2D eigenvalue weighted by atomic mass is 9.88. The first-order valence-corrected chi connectivity index (χ1v) is 6.95. The van der Waals surface area contributed by atoms with E-state index in [9.17, 15) is 0 Å². The largest absolute Gasteiger partial charge is 0.356 e. The Morgan fingerprint density at radius 3 is 2.67 bits per heavy atom. The van der Waals surface area contributed by atoms with E-state index >= 15 is 0 Å². The van der Waals surface area contributed by atoms with Crippen molar-refractivity contribution in [3.8, 4) is 0 Å². The maximum atomic E-state index is 5.90. The van der Waals surface area contributed by atoms with Crippen molar-refractivity contribution in [3.05, 3.63) is 22.9 Å². The van der Waals surface area contributed by atoms with Crippen molar-refractivity contribution >= 4 is 5.82 Å². The Balaban J connectivity index is 2.33. The predicted molar refractivity (Wildman–Crippen MR) is 76.8 cm³/mol. The molecule has 0 spiro atoms. The number of rotatable bonds is 2. The van der Waals surface area contributed by atoms with E-state index in [1.165, 1.54) is 17.5 Å². The van der Waals surface area contributed by atoms with Gasteiger partial charge in [0.25, 0.3) is 0 Å². The van der Waals surface area contributed by atoms with Crippen LogP contribution >= 0.6 is 0 Å². The zero-order valence-electron chi connectivity index (χ0n) is 12.0. The van der Waals surface area contributed by atoms with Gasteiger partial charge in [-0.1, -0.05) is 13.8 Å². The molecular formula is C15H25N3. The fourth-order valence-electron chi connectivity index (χ4n) is 2.81.